The van der Waals surface area contributed by atoms with Gasteiger partial charge in [-0.05, 0) is 47.3 Å². The fourth-order valence-corrected chi connectivity index (χ4v) is 5.61. The lowest BCUT2D eigenvalue weighted by Gasteiger charge is -2.20. The summed E-state index contributed by atoms with van der Waals surface area (Å²) in [6.45, 7) is 7.32. The first-order valence-corrected chi connectivity index (χ1v) is 9.74. The molecular weight excluding hydrogens is 346 g/mol. The average molecular weight is 368 g/mol. The van der Waals surface area contributed by atoms with Crippen molar-refractivity contribution in [2.75, 3.05) is 13.1 Å². The first-order valence-electron chi connectivity index (χ1n) is 6.69. The zero-order valence-corrected chi connectivity index (χ0v) is 15.0. The van der Waals surface area contributed by atoms with Gasteiger partial charge in [0, 0.05) is 13.1 Å². The Hall–Kier alpha value is 0.0900. The molecule has 6 heteroatoms. The summed E-state index contributed by atoms with van der Waals surface area (Å²) >= 11 is 4.70. The fourth-order valence-electron chi connectivity index (χ4n) is 1.71. The van der Waals surface area contributed by atoms with E-state index in [-0.39, 0.29) is 0 Å². The molecule has 0 saturated heterocycles. The molecule has 0 bridgehead atoms. The normalized spacial score (nSPS) is 12.3. The summed E-state index contributed by atoms with van der Waals surface area (Å²) in [5.41, 5.74) is 0.981. The lowest BCUT2D eigenvalue weighted by Crippen LogP contribution is -2.32. The zero-order chi connectivity index (χ0) is 14.5. The van der Waals surface area contributed by atoms with Gasteiger partial charge in [-0.15, -0.1) is 11.3 Å². The minimum atomic E-state index is -3.33. The van der Waals surface area contributed by atoms with Crippen LogP contribution in [0.4, 0.5) is 0 Å². The smallest absolute Gasteiger partial charge is 0.206 e. The van der Waals surface area contributed by atoms with E-state index in [0.717, 1.165) is 35.0 Å². The van der Waals surface area contributed by atoms with Crippen LogP contribution < -0.4 is 0 Å². The van der Waals surface area contributed by atoms with E-state index < -0.39 is 10.0 Å². The Kier molecular flexibility index (Phi) is 7.00. The molecule has 0 aliphatic carbocycles. The lowest BCUT2D eigenvalue weighted by atomic mass is 10.3. The third-order valence-corrected chi connectivity index (χ3v) is 7.44. The second-order valence-electron chi connectivity index (χ2n) is 4.63. The van der Waals surface area contributed by atoms with Gasteiger partial charge in [-0.25, -0.2) is 8.42 Å². The molecule has 110 valence electrons. The van der Waals surface area contributed by atoms with E-state index in [1.54, 1.807) is 10.4 Å². The molecule has 0 aliphatic heterocycles. The van der Waals surface area contributed by atoms with E-state index in [1.807, 2.05) is 6.92 Å². The standard InChI is InChI=1S/C13H22BrNO2S2/c1-4-6-8-15(9-7-5-2)19(16,17)12-10-11(3)13(14)18-12/h10H,4-9H2,1-3H3. The van der Waals surface area contributed by atoms with Crippen LogP contribution in [0, 0.1) is 6.92 Å². The van der Waals surface area contributed by atoms with Crippen molar-refractivity contribution < 1.29 is 8.42 Å². The van der Waals surface area contributed by atoms with Crippen molar-refractivity contribution in [2.45, 2.75) is 50.7 Å². The van der Waals surface area contributed by atoms with Gasteiger partial charge in [0.2, 0.25) is 0 Å². The minimum Gasteiger partial charge on any atom is -0.206 e. The van der Waals surface area contributed by atoms with Gasteiger partial charge in [-0.2, -0.15) is 4.31 Å². The van der Waals surface area contributed by atoms with Crippen molar-refractivity contribution >= 4 is 37.3 Å². The largest absolute Gasteiger partial charge is 0.252 e. The van der Waals surface area contributed by atoms with Crippen LogP contribution in [0.1, 0.15) is 45.1 Å². The van der Waals surface area contributed by atoms with E-state index in [2.05, 4.69) is 29.8 Å². The second kappa shape index (κ2) is 7.76. The molecule has 3 nitrogen and oxygen atoms in total. The maximum absolute atomic E-state index is 12.6. The number of hydrogen-bond donors (Lipinski definition) is 0. The van der Waals surface area contributed by atoms with Crippen molar-refractivity contribution in [3.8, 4) is 0 Å². The van der Waals surface area contributed by atoms with Crippen LogP contribution in [0.25, 0.3) is 0 Å². The van der Waals surface area contributed by atoms with Crippen LogP contribution in [0.3, 0.4) is 0 Å². The predicted octanol–water partition coefficient (Wildman–Crippen LogP) is 4.41. The summed E-state index contributed by atoms with van der Waals surface area (Å²) in [6, 6.07) is 1.76. The summed E-state index contributed by atoms with van der Waals surface area (Å²) in [4.78, 5) is 0. The monoisotopic (exact) mass is 367 g/mol. The molecule has 1 aromatic rings. The Morgan fingerprint density at radius 2 is 1.74 bits per heavy atom. The summed E-state index contributed by atoms with van der Waals surface area (Å²) < 4.78 is 28.2. The molecule has 19 heavy (non-hydrogen) atoms. The first kappa shape index (κ1) is 17.1. The van der Waals surface area contributed by atoms with E-state index >= 15 is 0 Å². The number of hydrogen-bond acceptors (Lipinski definition) is 3. The minimum absolute atomic E-state index is 0.448. The van der Waals surface area contributed by atoms with Gasteiger partial charge in [-0.1, -0.05) is 26.7 Å². The molecule has 0 fully saturated rings. The third kappa shape index (κ3) is 4.55. The average Bonchev–Trinajstić information content (AvgIpc) is 2.70. The van der Waals surface area contributed by atoms with E-state index in [1.165, 1.54) is 11.3 Å². The van der Waals surface area contributed by atoms with Gasteiger partial charge >= 0.3 is 0 Å². The Morgan fingerprint density at radius 3 is 2.11 bits per heavy atom. The van der Waals surface area contributed by atoms with Gasteiger partial charge < -0.3 is 0 Å². The molecule has 0 N–H and O–H groups in total. The van der Waals surface area contributed by atoms with Crippen molar-refractivity contribution in [1.82, 2.24) is 4.31 Å². The summed E-state index contributed by atoms with van der Waals surface area (Å²) in [7, 11) is -3.33. The maximum Gasteiger partial charge on any atom is 0.252 e. The summed E-state index contributed by atoms with van der Waals surface area (Å²) in [5, 5.41) is 0. The highest BCUT2D eigenvalue weighted by Gasteiger charge is 2.25. The highest BCUT2D eigenvalue weighted by atomic mass is 79.9. The van der Waals surface area contributed by atoms with E-state index in [9.17, 15) is 8.42 Å². The number of thiophene rings is 1. The zero-order valence-electron chi connectivity index (χ0n) is 11.8. The number of rotatable bonds is 8. The molecule has 0 saturated carbocycles. The molecule has 0 radical (unpaired) electrons. The molecule has 0 amide bonds. The lowest BCUT2D eigenvalue weighted by molar-refractivity contribution is 0.396. The molecular formula is C13H22BrNO2S2. The Morgan fingerprint density at radius 1 is 1.21 bits per heavy atom. The van der Waals surface area contributed by atoms with Crippen LogP contribution in [0.2, 0.25) is 0 Å². The first-order chi connectivity index (χ1) is 8.93. The van der Waals surface area contributed by atoms with Crippen molar-refractivity contribution in [1.29, 1.82) is 0 Å². The fraction of sp³-hybridized carbons (Fsp3) is 0.692. The second-order valence-corrected chi connectivity index (χ2v) is 9.17. The van der Waals surface area contributed by atoms with Gasteiger partial charge in [0.1, 0.15) is 4.21 Å². The third-order valence-electron chi connectivity index (χ3n) is 2.95. The summed E-state index contributed by atoms with van der Waals surface area (Å²) in [5.74, 6) is 0. The number of unbranched alkanes of at least 4 members (excludes halogenated alkanes) is 2. The maximum atomic E-state index is 12.6. The molecule has 1 aromatic heterocycles. The molecule has 0 atom stereocenters. The van der Waals surface area contributed by atoms with Crippen molar-refractivity contribution in [3.63, 3.8) is 0 Å². The molecule has 0 spiro atoms. The van der Waals surface area contributed by atoms with Crippen molar-refractivity contribution in [2.24, 2.45) is 0 Å². The van der Waals surface area contributed by atoms with Gasteiger partial charge in [0.25, 0.3) is 10.0 Å². The molecule has 0 unspecified atom stereocenters. The SMILES string of the molecule is CCCCN(CCCC)S(=O)(=O)c1cc(C)c(Br)s1. The highest BCUT2D eigenvalue weighted by molar-refractivity contribution is 9.11. The quantitative estimate of drug-likeness (QED) is 0.682. The van der Waals surface area contributed by atoms with Crippen LogP contribution in [0.5, 0.6) is 0 Å². The molecule has 1 heterocycles. The van der Waals surface area contributed by atoms with Crippen LogP contribution in [-0.2, 0) is 10.0 Å². The Bertz CT molecular complexity index is 469. The van der Waals surface area contributed by atoms with Crippen molar-refractivity contribution in [3.05, 3.63) is 15.4 Å². The molecule has 0 aliphatic rings. The Labute approximate surface area is 129 Å². The van der Waals surface area contributed by atoms with Gasteiger partial charge in [0.05, 0.1) is 3.79 Å². The molecule has 0 aromatic carbocycles. The van der Waals surface area contributed by atoms with Crippen LogP contribution >= 0.6 is 27.3 Å². The Balaban J connectivity index is 2.97. The number of nitrogens with zero attached hydrogens (tertiary/aromatic N) is 1. The van der Waals surface area contributed by atoms with E-state index in [4.69, 9.17) is 0 Å². The predicted molar refractivity (Wildman–Crippen MR) is 85.3 cm³/mol. The topological polar surface area (TPSA) is 37.4 Å². The van der Waals surface area contributed by atoms with Crippen LogP contribution in [0.15, 0.2) is 14.1 Å². The van der Waals surface area contributed by atoms with Gasteiger partial charge in [0.15, 0.2) is 0 Å². The van der Waals surface area contributed by atoms with Crippen LogP contribution in [-0.4, -0.2) is 25.8 Å². The molecule has 1 rings (SSSR count). The summed E-state index contributed by atoms with van der Waals surface area (Å²) in [6.07, 6.45) is 3.83. The number of aryl methyl sites for hydroxylation is 1. The highest BCUT2D eigenvalue weighted by Crippen LogP contribution is 2.32. The number of sulfonamides is 1. The van der Waals surface area contributed by atoms with E-state index in [0.29, 0.717) is 17.3 Å². The number of halogens is 1. The van der Waals surface area contributed by atoms with Gasteiger partial charge in [-0.3, -0.25) is 0 Å².